The van der Waals surface area contributed by atoms with Crippen LogP contribution >= 0.6 is 0 Å². The molecule has 26 heavy (non-hydrogen) atoms. The smallest absolute Gasteiger partial charge is 0.258 e. The Morgan fingerprint density at radius 2 is 1.73 bits per heavy atom. The summed E-state index contributed by atoms with van der Waals surface area (Å²) < 4.78 is 13.5. The van der Waals surface area contributed by atoms with Crippen LogP contribution in [-0.2, 0) is 11.2 Å². The Morgan fingerprint density at radius 1 is 0.923 bits per heavy atom. The molecule has 134 valence electrons. The first-order valence-corrected chi connectivity index (χ1v) is 9.14. The monoisotopic (exact) mass is 352 g/mol. The number of aryl methyl sites for hydroxylation is 1. The van der Waals surface area contributed by atoms with E-state index in [0.29, 0.717) is 18.5 Å². The van der Waals surface area contributed by atoms with Crippen LogP contribution in [0.25, 0.3) is 0 Å². The molecule has 0 atom stereocenters. The number of amides is 2. The average molecular weight is 352 g/mol. The Kier molecular flexibility index (Phi) is 4.45. The predicted octanol–water partition coefficient (Wildman–Crippen LogP) is 3.94. The van der Waals surface area contributed by atoms with Gasteiger partial charge in [0, 0.05) is 36.4 Å². The van der Waals surface area contributed by atoms with E-state index in [-0.39, 0.29) is 17.6 Å². The molecule has 2 aliphatic heterocycles. The summed E-state index contributed by atoms with van der Waals surface area (Å²) in [5.74, 6) is -0.218. The van der Waals surface area contributed by atoms with Gasteiger partial charge in [-0.2, -0.15) is 0 Å². The van der Waals surface area contributed by atoms with Gasteiger partial charge in [-0.15, -0.1) is 0 Å². The van der Waals surface area contributed by atoms with Crippen LogP contribution in [0.5, 0.6) is 0 Å². The highest BCUT2D eigenvalue weighted by Crippen LogP contribution is 2.29. The maximum Gasteiger partial charge on any atom is 0.258 e. The van der Waals surface area contributed by atoms with Gasteiger partial charge in [0.05, 0.1) is 0 Å². The van der Waals surface area contributed by atoms with E-state index >= 15 is 0 Å². The quantitative estimate of drug-likeness (QED) is 0.821. The van der Waals surface area contributed by atoms with Gasteiger partial charge in [0.15, 0.2) is 0 Å². The number of hydrogen-bond acceptors (Lipinski definition) is 2. The van der Waals surface area contributed by atoms with Gasteiger partial charge in [0.1, 0.15) is 5.82 Å². The van der Waals surface area contributed by atoms with E-state index in [1.807, 2.05) is 12.1 Å². The number of nitrogens with zero attached hydrogens (tertiary/aromatic N) is 2. The molecule has 0 saturated carbocycles. The van der Waals surface area contributed by atoms with E-state index in [1.165, 1.54) is 12.1 Å². The van der Waals surface area contributed by atoms with Crippen molar-refractivity contribution >= 4 is 23.2 Å². The van der Waals surface area contributed by atoms with E-state index < -0.39 is 0 Å². The van der Waals surface area contributed by atoms with Crippen molar-refractivity contribution in [3.63, 3.8) is 0 Å². The molecule has 2 aromatic carbocycles. The van der Waals surface area contributed by atoms with Crippen LogP contribution in [-0.4, -0.2) is 24.9 Å². The molecule has 4 nitrogen and oxygen atoms in total. The maximum atomic E-state index is 13.5. The Hall–Kier alpha value is -2.69. The highest BCUT2D eigenvalue weighted by atomic mass is 19.1. The lowest BCUT2D eigenvalue weighted by atomic mass is 10.0. The predicted molar refractivity (Wildman–Crippen MR) is 99.0 cm³/mol. The number of rotatable bonds is 2. The third-order valence-corrected chi connectivity index (χ3v) is 5.15. The summed E-state index contributed by atoms with van der Waals surface area (Å²) in [5.41, 5.74) is 3.08. The summed E-state index contributed by atoms with van der Waals surface area (Å²) in [6, 6.07) is 11.8. The lowest BCUT2D eigenvalue weighted by Crippen LogP contribution is -2.36. The summed E-state index contributed by atoms with van der Waals surface area (Å²) >= 11 is 0. The fourth-order valence-electron chi connectivity index (χ4n) is 3.80. The first-order chi connectivity index (χ1) is 12.6. The van der Waals surface area contributed by atoms with Gasteiger partial charge < -0.3 is 9.80 Å². The molecular formula is C21H21FN2O2. The van der Waals surface area contributed by atoms with Crippen LogP contribution in [0.1, 0.15) is 41.6 Å². The van der Waals surface area contributed by atoms with Crippen molar-refractivity contribution < 1.29 is 14.0 Å². The number of piperidine rings is 1. The van der Waals surface area contributed by atoms with Gasteiger partial charge in [0.2, 0.25) is 5.91 Å². The number of carbonyl (C=O) groups excluding carboxylic acids is 2. The second-order valence-electron chi connectivity index (χ2n) is 6.88. The molecule has 2 aliphatic rings. The number of hydrogen-bond donors (Lipinski definition) is 0. The fourth-order valence-corrected chi connectivity index (χ4v) is 3.80. The van der Waals surface area contributed by atoms with Crippen molar-refractivity contribution in [2.24, 2.45) is 0 Å². The number of carbonyl (C=O) groups is 2. The number of benzene rings is 2. The summed E-state index contributed by atoms with van der Waals surface area (Å²) in [6.45, 7) is 1.36. The largest absolute Gasteiger partial charge is 0.312 e. The van der Waals surface area contributed by atoms with E-state index in [1.54, 1.807) is 28.0 Å². The average Bonchev–Trinajstić information content (AvgIpc) is 2.67. The van der Waals surface area contributed by atoms with Crippen molar-refractivity contribution in [3.8, 4) is 0 Å². The van der Waals surface area contributed by atoms with Crippen molar-refractivity contribution in [1.82, 2.24) is 0 Å². The summed E-state index contributed by atoms with van der Waals surface area (Å²) in [4.78, 5) is 28.5. The molecule has 1 saturated heterocycles. The minimum Gasteiger partial charge on any atom is -0.312 e. The highest BCUT2D eigenvalue weighted by molar-refractivity contribution is 6.07. The van der Waals surface area contributed by atoms with E-state index in [4.69, 9.17) is 0 Å². The maximum absolute atomic E-state index is 13.5. The number of halogens is 1. The molecule has 0 aliphatic carbocycles. The molecule has 0 aromatic heterocycles. The molecule has 5 heteroatoms. The molecule has 0 spiro atoms. The van der Waals surface area contributed by atoms with E-state index in [0.717, 1.165) is 49.2 Å². The minimum atomic E-state index is -0.270. The van der Waals surface area contributed by atoms with Crippen LogP contribution in [0.4, 0.5) is 15.8 Å². The van der Waals surface area contributed by atoms with Crippen molar-refractivity contribution in [1.29, 1.82) is 0 Å². The molecule has 0 N–H and O–H groups in total. The normalized spacial score (nSPS) is 17.2. The second kappa shape index (κ2) is 6.90. The lowest BCUT2D eigenvalue weighted by molar-refractivity contribution is -0.119. The third kappa shape index (κ3) is 3.09. The van der Waals surface area contributed by atoms with Crippen LogP contribution < -0.4 is 9.80 Å². The first kappa shape index (κ1) is 16.8. The van der Waals surface area contributed by atoms with Crippen LogP contribution in [0.2, 0.25) is 0 Å². The third-order valence-electron chi connectivity index (χ3n) is 5.15. The zero-order valence-electron chi connectivity index (χ0n) is 14.6. The lowest BCUT2D eigenvalue weighted by Gasteiger charge is -2.30. The van der Waals surface area contributed by atoms with Gasteiger partial charge >= 0.3 is 0 Å². The Bertz CT molecular complexity index is 848. The van der Waals surface area contributed by atoms with Crippen molar-refractivity contribution in [2.45, 2.75) is 32.1 Å². The molecule has 0 bridgehead atoms. The Labute approximate surface area is 152 Å². The minimum absolute atomic E-state index is 0.0888. The molecule has 2 aromatic rings. The zero-order chi connectivity index (χ0) is 18.1. The van der Waals surface area contributed by atoms with Crippen LogP contribution in [0.15, 0.2) is 42.5 Å². The van der Waals surface area contributed by atoms with Gasteiger partial charge in [-0.3, -0.25) is 9.59 Å². The first-order valence-electron chi connectivity index (χ1n) is 9.14. The van der Waals surface area contributed by atoms with Gasteiger partial charge in [-0.25, -0.2) is 4.39 Å². The zero-order valence-corrected chi connectivity index (χ0v) is 14.6. The molecule has 4 rings (SSSR count). The summed E-state index contributed by atoms with van der Waals surface area (Å²) in [5, 5.41) is 0. The standard InChI is InChI=1S/C21H21FN2O2/c22-17-8-11-19-16(14-17)4-3-13-24(19)21(26)15-6-9-18(10-7-15)23-12-2-1-5-20(23)25/h6-11,14H,1-5,12-13H2. The molecule has 2 amide bonds. The van der Waals surface area contributed by atoms with Gasteiger partial charge in [0.25, 0.3) is 5.91 Å². The van der Waals surface area contributed by atoms with Crippen molar-refractivity contribution in [2.75, 3.05) is 22.9 Å². The molecule has 0 radical (unpaired) electrons. The van der Waals surface area contributed by atoms with E-state index in [2.05, 4.69) is 0 Å². The van der Waals surface area contributed by atoms with E-state index in [9.17, 15) is 14.0 Å². The highest BCUT2D eigenvalue weighted by Gasteiger charge is 2.25. The SMILES string of the molecule is O=C1CCCCN1c1ccc(C(=O)N2CCCc3cc(F)ccc32)cc1. The summed E-state index contributed by atoms with van der Waals surface area (Å²) in [7, 11) is 0. The van der Waals surface area contributed by atoms with Gasteiger partial charge in [-0.05, 0) is 73.7 Å². The Morgan fingerprint density at radius 3 is 2.50 bits per heavy atom. The number of anilines is 2. The summed E-state index contributed by atoms with van der Waals surface area (Å²) in [6.07, 6.45) is 4.14. The van der Waals surface area contributed by atoms with Crippen LogP contribution in [0, 0.1) is 5.82 Å². The molecule has 0 unspecified atom stereocenters. The van der Waals surface area contributed by atoms with Crippen LogP contribution in [0.3, 0.4) is 0 Å². The Balaban J connectivity index is 1.57. The van der Waals surface area contributed by atoms with Crippen molar-refractivity contribution in [3.05, 3.63) is 59.4 Å². The molecule has 1 fully saturated rings. The fraction of sp³-hybridized carbons (Fsp3) is 0.333. The molecular weight excluding hydrogens is 331 g/mol. The topological polar surface area (TPSA) is 40.6 Å². The second-order valence-corrected chi connectivity index (χ2v) is 6.88. The van der Waals surface area contributed by atoms with Gasteiger partial charge in [-0.1, -0.05) is 0 Å². The number of fused-ring (bicyclic) bond motifs is 1. The molecule has 2 heterocycles.